The van der Waals surface area contributed by atoms with E-state index in [1.807, 2.05) is 66.5 Å². The summed E-state index contributed by atoms with van der Waals surface area (Å²) >= 11 is 0. The second kappa shape index (κ2) is 10.2. The molecular formula is C19H19F3N4O5S. The first-order valence-electron chi connectivity index (χ1n) is 8.88. The first-order chi connectivity index (χ1) is 14.9. The van der Waals surface area contributed by atoms with Crippen LogP contribution in [0, 0.1) is 0 Å². The molecule has 0 aliphatic heterocycles. The Bertz CT molecular complexity index is 1170. The lowest BCUT2D eigenvalue weighted by molar-refractivity contribution is -0.779. The van der Waals surface area contributed by atoms with Crippen LogP contribution in [-0.2, 0) is 28.7 Å². The van der Waals surface area contributed by atoms with E-state index in [1.54, 1.807) is 10.7 Å². The minimum absolute atomic E-state index is 0.112. The SMILES string of the molecule is CC(=O)Nc1cccc(OC[n+]2cc(-c3ccccc3)n(C)n2)c1.O=S(=O)([O-])C(F)(F)F. The zero-order valence-corrected chi connectivity index (χ0v) is 17.7. The first kappa shape index (κ1) is 24.8. The number of hydrogen-bond donors (Lipinski definition) is 1. The molecule has 1 heterocycles. The lowest BCUT2D eigenvalue weighted by Crippen LogP contribution is -2.38. The molecule has 0 saturated heterocycles. The number of anilines is 1. The van der Waals surface area contributed by atoms with Gasteiger partial charge in [-0.15, -0.1) is 9.36 Å². The number of rotatable bonds is 5. The molecule has 0 aliphatic rings. The van der Waals surface area contributed by atoms with E-state index in [9.17, 15) is 18.0 Å². The number of hydrogen-bond acceptors (Lipinski definition) is 6. The molecule has 0 saturated carbocycles. The molecular weight excluding hydrogens is 453 g/mol. The Hall–Kier alpha value is -3.45. The molecule has 0 bridgehead atoms. The summed E-state index contributed by atoms with van der Waals surface area (Å²) in [6.07, 6.45) is 1.94. The third kappa shape index (κ3) is 7.35. The van der Waals surface area contributed by atoms with Crippen LogP contribution in [-0.4, -0.2) is 34.3 Å². The molecule has 0 spiro atoms. The zero-order chi connectivity index (χ0) is 23.9. The molecule has 1 aromatic heterocycles. The molecule has 3 rings (SSSR count). The van der Waals surface area contributed by atoms with Gasteiger partial charge in [-0.05, 0) is 12.1 Å². The van der Waals surface area contributed by atoms with E-state index in [-0.39, 0.29) is 12.6 Å². The normalized spacial score (nSPS) is 11.3. The van der Waals surface area contributed by atoms with Crippen molar-refractivity contribution in [3.05, 3.63) is 60.8 Å². The molecule has 9 nitrogen and oxygen atoms in total. The molecule has 1 N–H and O–H groups in total. The van der Waals surface area contributed by atoms with E-state index in [0.717, 1.165) is 11.3 Å². The van der Waals surface area contributed by atoms with Gasteiger partial charge in [0.2, 0.25) is 5.91 Å². The summed E-state index contributed by atoms with van der Waals surface area (Å²) < 4.78 is 68.2. The molecule has 0 atom stereocenters. The largest absolute Gasteiger partial charge is 0.741 e. The Balaban J connectivity index is 0.000000390. The van der Waals surface area contributed by atoms with Crippen LogP contribution in [0.15, 0.2) is 60.8 Å². The fraction of sp³-hybridized carbons (Fsp3) is 0.211. The summed E-state index contributed by atoms with van der Waals surface area (Å²) in [5.74, 6) is 0.555. The maximum Gasteiger partial charge on any atom is 0.485 e. The smallest absolute Gasteiger partial charge is 0.485 e. The number of nitrogens with one attached hydrogen (secondary N) is 1. The van der Waals surface area contributed by atoms with E-state index < -0.39 is 15.6 Å². The summed E-state index contributed by atoms with van der Waals surface area (Å²) in [6, 6.07) is 17.3. The van der Waals surface area contributed by atoms with Gasteiger partial charge >= 0.3 is 5.51 Å². The zero-order valence-electron chi connectivity index (χ0n) is 16.9. The molecule has 0 aliphatic carbocycles. The number of carbonyl (C=O) groups excluding carboxylic acids is 1. The van der Waals surface area contributed by atoms with Gasteiger partial charge in [-0.3, -0.25) is 4.79 Å². The van der Waals surface area contributed by atoms with Crippen LogP contribution < -0.4 is 14.7 Å². The minimum Gasteiger partial charge on any atom is -0.741 e. The molecule has 0 fully saturated rings. The van der Waals surface area contributed by atoms with Crippen molar-refractivity contribution in [1.29, 1.82) is 0 Å². The van der Waals surface area contributed by atoms with Gasteiger partial charge in [-0.1, -0.05) is 36.4 Å². The van der Waals surface area contributed by atoms with Crippen molar-refractivity contribution in [2.45, 2.75) is 19.2 Å². The number of nitrogens with zero attached hydrogens (tertiary/aromatic N) is 3. The first-order valence-corrected chi connectivity index (χ1v) is 10.3. The second-order valence-corrected chi connectivity index (χ2v) is 7.69. The Kier molecular flexibility index (Phi) is 7.94. The van der Waals surface area contributed by atoms with Gasteiger partial charge in [-0.25, -0.2) is 8.42 Å². The van der Waals surface area contributed by atoms with Crippen LogP contribution in [0.5, 0.6) is 5.75 Å². The highest BCUT2D eigenvalue weighted by atomic mass is 32.2. The van der Waals surface area contributed by atoms with Crippen molar-refractivity contribution < 1.29 is 40.4 Å². The molecule has 0 unspecified atom stereocenters. The Morgan fingerprint density at radius 1 is 1.19 bits per heavy atom. The Morgan fingerprint density at radius 2 is 1.81 bits per heavy atom. The number of halogens is 3. The predicted octanol–water partition coefficient (Wildman–Crippen LogP) is 2.42. The lowest BCUT2D eigenvalue weighted by atomic mass is 10.2. The summed E-state index contributed by atoms with van der Waals surface area (Å²) in [5, 5.41) is 7.14. The fourth-order valence-corrected chi connectivity index (χ4v) is 2.41. The number of aryl methyl sites for hydroxylation is 1. The monoisotopic (exact) mass is 472 g/mol. The summed E-state index contributed by atoms with van der Waals surface area (Å²) in [4.78, 5) is 11.1. The van der Waals surface area contributed by atoms with Crippen molar-refractivity contribution in [2.24, 2.45) is 7.05 Å². The highest BCUT2D eigenvalue weighted by Crippen LogP contribution is 2.20. The molecule has 32 heavy (non-hydrogen) atoms. The quantitative estimate of drug-likeness (QED) is 0.346. The van der Waals surface area contributed by atoms with Crippen molar-refractivity contribution in [2.75, 3.05) is 5.32 Å². The number of ether oxygens (including phenoxy) is 1. The highest BCUT2D eigenvalue weighted by Gasteiger charge is 2.36. The van der Waals surface area contributed by atoms with Crippen LogP contribution in [0.2, 0.25) is 0 Å². The third-order valence-corrected chi connectivity index (χ3v) is 4.31. The van der Waals surface area contributed by atoms with Gasteiger partial charge in [-0.2, -0.15) is 13.2 Å². The van der Waals surface area contributed by atoms with Crippen LogP contribution >= 0.6 is 0 Å². The lowest BCUT2D eigenvalue weighted by Gasteiger charge is -2.08. The molecule has 0 radical (unpaired) electrons. The number of carbonyl (C=O) groups is 1. The Labute approximate surface area is 181 Å². The van der Waals surface area contributed by atoms with Gasteiger partial charge in [0.05, 0.1) is 5.21 Å². The molecule has 2 aromatic carbocycles. The average molecular weight is 472 g/mol. The van der Waals surface area contributed by atoms with E-state index in [1.165, 1.54) is 6.92 Å². The van der Waals surface area contributed by atoms with Gasteiger partial charge in [0.1, 0.15) is 12.8 Å². The summed E-state index contributed by atoms with van der Waals surface area (Å²) in [7, 11) is -4.19. The number of amides is 1. The third-order valence-electron chi connectivity index (χ3n) is 3.74. The van der Waals surface area contributed by atoms with Crippen molar-refractivity contribution in [3.63, 3.8) is 0 Å². The molecule has 3 aromatic rings. The maximum atomic E-state index is 11.1. The topological polar surface area (TPSA) is 117 Å². The molecule has 13 heteroatoms. The van der Waals surface area contributed by atoms with Crippen LogP contribution in [0.4, 0.5) is 18.9 Å². The van der Waals surface area contributed by atoms with Crippen LogP contribution in [0.1, 0.15) is 6.92 Å². The maximum absolute atomic E-state index is 11.1. The van der Waals surface area contributed by atoms with Gasteiger partial charge in [0.25, 0.3) is 6.73 Å². The second-order valence-electron chi connectivity index (χ2n) is 6.32. The standard InChI is InChI=1S/C18H18N4O2.CHF3O3S/c1-14(23)19-16-9-6-10-17(11-16)24-13-22-12-18(21(2)20-22)15-7-4-3-5-8-15;2-1(3,4)8(5,6)7/h3-12H,13H2,1-2H3;(H,5,6,7). The molecule has 172 valence electrons. The fourth-order valence-electron chi connectivity index (χ4n) is 2.41. The number of alkyl halides is 3. The Morgan fingerprint density at radius 3 is 2.38 bits per heavy atom. The average Bonchev–Trinajstić information content (AvgIpc) is 3.06. The van der Waals surface area contributed by atoms with Crippen molar-refractivity contribution in [3.8, 4) is 17.0 Å². The van der Waals surface area contributed by atoms with Gasteiger partial charge in [0, 0.05) is 24.2 Å². The van der Waals surface area contributed by atoms with Gasteiger partial charge in [0.15, 0.2) is 22.0 Å². The van der Waals surface area contributed by atoms with Crippen LogP contribution in [0.3, 0.4) is 0 Å². The van der Waals surface area contributed by atoms with Crippen molar-refractivity contribution in [1.82, 2.24) is 9.90 Å². The van der Waals surface area contributed by atoms with Crippen LogP contribution in [0.25, 0.3) is 11.3 Å². The van der Waals surface area contributed by atoms with Crippen molar-refractivity contribution >= 4 is 21.7 Å². The van der Waals surface area contributed by atoms with E-state index in [2.05, 4.69) is 10.5 Å². The van der Waals surface area contributed by atoms with E-state index in [0.29, 0.717) is 11.4 Å². The number of benzene rings is 2. The predicted molar refractivity (Wildman–Crippen MR) is 106 cm³/mol. The molecule has 1 amide bonds. The highest BCUT2D eigenvalue weighted by molar-refractivity contribution is 7.86. The minimum atomic E-state index is -6.09. The number of aromatic nitrogens is 3. The summed E-state index contributed by atoms with van der Waals surface area (Å²) in [5.41, 5.74) is -2.84. The summed E-state index contributed by atoms with van der Waals surface area (Å²) in [6.45, 7) is 1.76. The van der Waals surface area contributed by atoms with E-state index >= 15 is 0 Å². The van der Waals surface area contributed by atoms with E-state index in [4.69, 9.17) is 17.7 Å². The van der Waals surface area contributed by atoms with Gasteiger partial charge < -0.3 is 14.6 Å².